The lowest BCUT2D eigenvalue weighted by Crippen LogP contribution is -2.52. The molecule has 3 saturated heterocycles. The Bertz CT molecular complexity index is 698. The highest BCUT2D eigenvalue weighted by atomic mass is 19.1. The van der Waals surface area contributed by atoms with Crippen LogP contribution in [0.25, 0.3) is 0 Å². The lowest BCUT2D eigenvalue weighted by molar-refractivity contribution is -0.127. The van der Waals surface area contributed by atoms with Crippen LogP contribution in [0.1, 0.15) is 57.8 Å². The average molecular weight is 497 g/mol. The van der Waals surface area contributed by atoms with Crippen molar-refractivity contribution in [1.29, 1.82) is 0 Å². The lowest BCUT2D eigenvalue weighted by atomic mass is 9.81. The zero-order chi connectivity index (χ0) is 24.2. The molecule has 0 spiro atoms. The van der Waals surface area contributed by atoms with Gasteiger partial charge in [0.1, 0.15) is 6.17 Å². The summed E-state index contributed by atoms with van der Waals surface area (Å²) in [7, 11) is 0. The van der Waals surface area contributed by atoms with Crippen LogP contribution >= 0.6 is 0 Å². The molecule has 6 N–H and O–H groups in total. The van der Waals surface area contributed by atoms with Crippen molar-refractivity contribution in [1.82, 2.24) is 31.7 Å². The Kier molecular flexibility index (Phi) is 8.91. The molecule has 0 radical (unpaired) electrons. The number of hydrogen-bond donors (Lipinski definition) is 6. The highest BCUT2D eigenvalue weighted by molar-refractivity contribution is 5.79. The number of halogens is 1. The Balaban J connectivity index is 1.09. The van der Waals surface area contributed by atoms with E-state index in [2.05, 4.69) is 31.7 Å². The van der Waals surface area contributed by atoms with Crippen LogP contribution in [0.4, 0.5) is 4.39 Å². The number of hydrazine groups is 1. The summed E-state index contributed by atoms with van der Waals surface area (Å²) in [6, 6.07) is 0.339. The molecule has 9 nitrogen and oxygen atoms in total. The van der Waals surface area contributed by atoms with Crippen molar-refractivity contribution in [2.45, 2.75) is 94.5 Å². The second kappa shape index (κ2) is 12.1. The molecule has 1 amide bonds. The third-order valence-corrected chi connectivity index (χ3v) is 9.10. The number of nitrogens with one attached hydrogen (secondary N) is 5. The summed E-state index contributed by atoms with van der Waals surface area (Å²) in [6.07, 6.45) is 7.61. The van der Waals surface area contributed by atoms with Crippen molar-refractivity contribution >= 4 is 5.91 Å². The fraction of sp³-hybridized carbons (Fsp3) is 0.960. The van der Waals surface area contributed by atoms with Gasteiger partial charge in [0.25, 0.3) is 0 Å². The Morgan fingerprint density at radius 3 is 2.77 bits per heavy atom. The molecule has 0 aromatic heterocycles. The molecule has 10 heteroatoms. The molecule has 5 aliphatic rings. The molecule has 0 aromatic carbocycles. The van der Waals surface area contributed by atoms with Crippen molar-refractivity contribution in [2.24, 2.45) is 17.8 Å². The number of fused-ring (bicyclic) bond motifs is 1. The summed E-state index contributed by atoms with van der Waals surface area (Å²) >= 11 is 0. The van der Waals surface area contributed by atoms with Crippen LogP contribution < -0.4 is 26.8 Å². The molecule has 200 valence electrons. The van der Waals surface area contributed by atoms with Crippen LogP contribution in [0, 0.1) is 17.8 Å². The SMILES string of the molecule is O=C(N[C@H]1COC2CC(F)CCC21)C1CCCC(NCC2NNC(C3CCNCC3)N2CCO)C1. The van der Waals surface area contributed by atoms with Gasteiger partial charge in [-0.25, -0.2) is 15.2 Å². The van der Waals surface area contributed by atoms with Gasteiger partial charge < -0.3 is 25.8 Å². The molecule has 35 heavy (non-hydrogen) atoms. The van der Waals surface area contributed by atoms with Crippen molar-refractivity contribution in [3.8, 4) is 0 Å². The topological polar surface area (TPSA) is 110 Å². The maximum absolute atomic E-state index is 13.7. The fourth-order valence-corrected chi connectivity index (χ4v) is 7.12. The number of β-amino-alcohol motifs (C(OH)–C–C–N with tert-alkyl or cyclic N) is 1. The predicted octanol–water partition coefficient (Wildman–Crippen LogP) is 0.211. The number of nitrogens with zero attached hydrogens (tertiary/aromatic N) is 1. The number of ether oxygens (including phenoxy) is 1. The maximum Gasteiger partial charge on any atom is 0.223 e. The van der Waals surface area contributed by atoms with Gasteiger partial charge in [0.15, 0.2) is 0 Å². The first-order chi connectivity index (χ1) is 17.1. The van der Waals surface area contributed by atoms with E-state index in [4.69, 9.17) is 4.74 Å². The standard InChI is InChI=1S/C25H45FN6O3/c26-18-4-5-20-21(15-35-22(20)13-18)29-25(34)17-2-1-3-19(12-17)28-14-23-30-31-24(32(23)10-11-33)16-6-8-27-9-7-16/h16-24,27-28,30-31,33H,1-15H2,(H,29,34)/t17?,18?,19?,20?,21-,22?,23?,24?/m0/s1. The number of alkyl halides is 1. The van der Waals surface area contributed by atoms with Crippen LogP contribution in [0.15, 0.2) is 0 Å². The van der Waals surface area contributed by atoms with Crippen LogP contribution in [0.2, 0.25) is 0 Å². The van der Waals surface area contributed by atoms with Gasteiger partial charge in [-0.1, -0.05) is 6.42 Å². The van der Waals surface area contributed by atoms with Gasteiger partial charge in [-0.15, -0.1) is 0 Å². The molecule has 8 atom stereocenters. The van der Waals surface area contributed by atoms with E-state index in [0.717, 1.165) is 64.6 Å². The molecule has 3 heterocycles. The summed E-state index contributed by atoms with van der Waals surface area (Å²) in [6.45, 7) is 4.18. The van der Waals surface area contributed by atoms with E-state index in [-0.39, 0.29) is 48.8 Å². The number of hydrogen-bond acceptors (Lipinski definition) is 8. The normalized spacial score (nSPS) is 41.1. The van der Waals surface area contributed by atoms with Gasteiger partial charge in [-0.2, -0.15) is 0 Å². The monoisotopic (exact) mass is 496 g/mol. The van der Waals surface area contributed by atoms with Gasteiger partial charge in [0.2, 0.25) is 5.91 Å². The molecule has 0 aromatic rings. The van der Waals surface area contributed by atoms with Gasteiger partial charge in [0, 0.05) is 37.4 Å². The van der Waals surface area contributed by atoms with Crippen molar-refractivity contribution in [2.75, 3.05) is 39.4 Å². The van der Waals surface area contributed by atoms with E-state index < -0.39 is 6.17 Å². The smallest absolute Gasteiger partial charge is 0.223 e. The van der Waals surface area contributed by atoms with E-state index in [1.807, 2.05) is 0 Å². The Labute approximate surface area is 208 Å². The summed E-state index contributed by atoms with van der Waals surface area (Å²) in [5.74, 6) is 0.988. The second-order valence-electron chi connectivity index (χ2n) is 11.3. The third kappa shape index (κ3) is 6.17. The number of aliphatic hydroxyl groups excluding tert-OH is 1. The second-order valence-corrected chi connectivity index (χ2v) is 11.3. The molecular weight excluding hydrogens is 451 g/mol. The molecule has 5 fully saturated rings. The summed E-state index contributed by atoms with van der Waals surface area (Å²) < 4.78 is 19.5. The number of rotatable bonds is 8. The maximum atomic E-state index is 13.7. The molecular formula is C25H45FN6O3. The minimum atomic E-state index is -0.760. The largest absolute Gasteiger partial charge is 0.395 e. The van der Waals surface area contributed by atoms with Crippen molar-refractivity contribution in [3.05, 3.63) is 0 Å². The van der Waals surface area contributed by atoms with Crippen LogP contribution in [0.5, 0.6) is 0 Å². The summed E-state index contributed by atoms with van der Waals surface area (Å²) in [5, 5.41) is 20.1. The zero-order valence-electron chi connectivity index (χ0n) is 20.9. The van der Waals surface area contributed by atoms with Gasteiger partial charge in [-0.3, -0.25) is 9.69 Å². The van der Waals surface area contributed by atoms with Crippen LogP contribution in [-0.2, 0) is 9.53 Å². The van der Waals surface area contributed by atoms with E-state index >= 15 is 0 Å². The van der Waals surface area contributed by atoms with Gasteiger partial charge in [-0.05, 0) is 64.0 Å². The predicted molar refractivity (Wildman–Crippen MR) is 131 cm³/mol. The minimum Gasteiger partial charge on any atom is -0.395 e. The lowest BCUT2D eigenvalue weighted by Gasteiger charge is -2.36. The number of carbonyl (C=O) groups is 1. The van der Waals surface area contributed by atoms with Crippen molar-refractivity contribution in [3.63, 3.8) is 0 Å². The molecule has 7 unspecified atom stereocenters. The first kappa shape index (κ1) is 25.8. The van der Waals surface area contributed by atoms with Crippen molar-refractivity contribution < 1.29 is 19.0 Å². The molecule has 2 saturated carbocycles. The number of aliphatic hydroxyl groups is 1. The van der Waals surface area contributed by atoms with E-state index in [0.29, 0.717) is 38.0 Å². The number of carbonyl (C=O) groups excluding carboxylic acids is 1. The number of piperidine rings is 1. The van der Waals surface area contributed by atoms with Crippen LogP contribution in [-0.4, -0.2) is 92.0 Å². The Hall–Kier alpha value is -0.880. The number of amides is 1. The zero-order valence-corrected chi connectivity index (χ0v) is 20.9. The fourth-order valence-electron chi connectivity index (χ4n) is 7.12. The third-order valence-electron chi connectivity index (χ3n) is 9.10. The minimum absolute atomic E-state index is 0.0171. The Morgan fingerprint density at radius 2 is 1.94 bits per heavy atom. The highest BCUT2D eigenvalue weighted by Crippen LogP contribution is 2.36. The average Bonchev–Trinajstić information content (AvgIpc) is 3.47. The quantitative estimate of drug-likeness (QED) is 0.283. The van der Waals surface area contributed by atoms with Gasteiger partial charge in [0.05, 0.1) is 37.7 Å². The Morgan fingerprint density at radius 1 is 1.09 bits per heavy atom. The summed E-state index contributed by atoms with van der Waals surface area (Å²) in [4.78, 5) is 15.5. The summed E-state index contributed by atoms with van der Waals surface area (Å²) in [5.41, 5.74) is 6.94. The van der Waals surface area contributed by atoms with Crippen LogP contribution in [0.3, 0.4) is 0 Å². The molecule has 3 aliphatic heterocycles. The van der Waals surface area contributed by atoms with E-state index in [1.165, 1.54) is 0 Å². The van der Waals surface area contributed by atoms with E-state index in [9.17, 15) is 14.3 Å². The first-order valence-electron chi connectivity index (χ1n) is 14.0. The van der Waals surface area contributed by atoms with E-state index in [1.54, 1.807) is 0 Å². The molecule has 0 bridgehead atoms. The van der Waals surface area contributed by atoms with Gasteiger partial charge >= 0.3 is 0 Å². The first-order valence-corrected chi connectivity index (χ1v) is 14.0. The molecule has 2 aliphatic carbocycles. The molecule has 5 rings (SSSR count). The highest BCUT2D eigenvalue weighted by Gasteiger charge is 2.43.